The van der Waals surface area contributed by atoms with Gasteiger partial charge in [0.1, 0.15) is 5.82 Å². The number of halogens is 1. The number of carbonyl (C=O) groups excluding carboxylic acids is 1. The Hall–Kier alpha value is -1.42. The first-order valence-corrected chi connectivity index (χ1v) is 7.87. The van der Waals surface area contributed by atoms with Gasteiger partial charge in [-0.25, -0.2) is 4.39 Å². The summed E-state index contributed by atoms with van der Waals surface area (Å²) in [7, 11) is 0. The number of aryl methyl sites for hydroxylation is 1. The van der Waals surface area contributed by atoms with Crippen molar-refractivity contribution >= 4 is 5.91 Å². The van der Waals surface area contributed by atoms with Gasteiger partial charge in [0.15, 0.2) is 0 Å². The van der Waals surface area contributed by atoms with Crippen molar-refractivity contribution in [2.75, 3.05) is 19.6 Å². The van der Waals surface area contributed by atoms with Gasteiger partial charge in [-0.3, -0.25) is 4.79 Å². The lowest BCUT2D eigenvalue weighted by Crippen LogP contribution is -2.30. The van der Waals surface area contributed by atoms with Crippen LogP contribution in [0.2, 0.25) is 0 Å². The molecule has 1 aromatic rings. The fourth-order valence-corrected chi connectivity index (χ4v) is 2.87. The summed E-state index contributed by atoms with van der Waals surface area (Å²) in [4.78, 5) is 11.8. The molecule has 3 nitrogen and oxygen atoms in total. The van der Waals surface area contributed by atoms with Crippen molar-refractivity contribution in [2.45, 2.75) is 39.0 Å². The summed E-state index contributed by atoms with van der Waals surface area (Å²) in [6.45, 7) is 4.68. The predicted molar refractivity (Wildman–Crippen MR) is 82.7 cm³/mol. The summed E-state index contributed by atoms with van der Waals surface area (Å²) in [6.07, 6.45) is 4.73. The van der Waals surface area contributed by atoms with Crippen LogP contribution in [0, 0.1) is 18.7 Å². The number of hydrogen-bond acceptors (Lipinski definition) is 2. The van der Waals surface area contributed by atoms with E-state index in [-0.39, 0.29) is 11.7 Å². The largest absolute Gasteiger partial charge is 0.356 e. The molecule has 1 amide bonds. The van der Waals surface area contributed by atoms with Gasteiger partial charge in [-0.2, -0.15) is 0 Å². The van der Waals surface area contributed by atoms with Crippen LogP contribution in [-0.4, -0.2) is 25.5 Å². The number of carbonyl (C=O) groups is 1. The third-order valence-electron chi connectivity index (χ3n) is 4.26. The minimum absolute atomic E-state index is 0.133. The highest BCUT2D eigenvalue weighted by Crippen LogP contribution is 2.17. The summed E-state index contributed by atoms with van der Waals surface area (Å²) in [6, 6.07) is 4.81. The molecule has 2 N–H and O–H groups in total. The lowest BCUT2D eigenvalue weighted by molar-refractivity contribution is -0.121. The molecule has 1 saturated heterocycles. The zero-order valence-electron chi connectivity index (χ0n) is 12.8. The highest BCUT2D eigenvalue weighted by atomic mass is 19.1. The monoisotopic (exact) mass is 292 g/mol. The van der Waals surface area contributed by atoms with Gasteiger partial charge in [-0.15, -0.1) is 0 Å². The van der Waals surface area contributed by atoms with E-state index in [1.54, 1.807) is 6.07 Å². The van der Waals surface area contributed by atoms with E-state index >= 15 is 0 Å². The van der Waals surface area contributed by atoms with Gasteiger partial charge in [-0.05, 0) is 74.9 Å². The maximum absolute atomic E-state index is 13.0. The number of nitrogens with one attached hydrogen (secondary N) is 2. The first kappa shape index (κ1) is 16.0. The zero-order chi connectivity index (χ0) is 15.1. The van der Waals surface area contributed by atoms with Gasteiger partial charge in [0.25, 0.3) is 0 Å². The molecule has 21 heavy (non-hydrogen) atoms. The third kappa shape index (κ3) is 5.46. The molecule has 0 saturated carbocycles. The van der Waals surface area contributed by atoms with Gasteiger partial charge >= 0.3 is 0 Å². The molecule has 0 aliphatic carbocycles. The second-order valence-corrected chi connectivity index (χ2v) is 5.90. The van der Waals surface area contributed by atoms with Crippen molar-refractivity contribution in [1.29, 1.82) is 0 Å². The normalized spacial score (nSPS) is 15.9. The number of piperidine rings is 1. The SMILES string of the molecule is Cc1cc(F)ccc1CCNC(=O)CCC1CCNCC1. The second-order valence-electron chi connectivity index (χ2n) is 5.90. The van der Waals surface area contributed by atoms with Crippen molar-refractivity contribution < 1.29 is 9.18 Å². The molecule has 0 atom stereocenters. The summed E-state index contributed by atoms with van der Waals surface area (Å²) in [5, 5.41) is 6.30. The maximum Gasteiger partial charge on any atom is 0.220 e. The Kier molecular flexibility index (Phi) is 6.18. The molecule has 0 unspecified atom stereocenters. The second kappa shape index (κ2) is 8.13. The summed E-state index contributed by atoms with van der Waals surface area (Å²) in [5.74, 6) is 0.617. The molecule has 4 heteroatoms. The Morgan fingerprint density at radius 3 is 2.86 bits per heavy atom. The fourth-order valence-electron chi connectivity index (χ4n) is 2.87. The van der Waals surface area contributed by atoms with E-state index in [0.717, 1.165) is 37.1 Å². The molecule has 0 radical (unpaired) electrons. The third-order valence-corrected chi connectivity index (χ3v) is 4.26. The average molecular weight is 292 g/mol. The van der Waals surface area contributed by atoms with Crippen LogP contribution in [-0.2, 0) is 11.2 Å². The minimum Gasteiger partial charge on any atom is -0.356 e. The summed E-state index contributed by atoms with van der Waals surface area (Å²) >= 11 is 0. The summed E-state index contributed by atoms with van der Waals surface area (Å²) < 4.78 is 13.0. The van der Waals surface area contributed by atoms with Gasteiger partial charge < -0.3 is 10.6 Å². The number of rotatable bonds is 6. The van der Waals surface area contributed by atoms with E-state index in [9.17, 15) is 9.18 Å². The lowest BCUT2D eigenvalue weighted by atomic mass is 9.93. The molecule has 1 heterocycles. The van der Waals surface area contributed by atoms with Crippen LogP contribution < -0.4 is 10.6 Å². The Labute approximate surface area is 126 Å². The molecule has 1 aliphatic heterocycles. The molecular weight excluding hydrogens is 267 g/mol. The number of amides is 1. The van der Waals surface area contributed by atoms with Crippen molar-refractivity contribution in [3.05, 3.63) is 35.1 Å². The van der Waals surface area contributed by atoms with Crippen molar-refractivity contribution in [3.63, 3.8) is 0 Å². The van der Waals surface area contributed by atoms with Gasteiger partial charge in [-0.1, -0.05) is 6.07 Å². The van der Waals surface area contributed by atoms with Crippen LogP contribution in [0.4, 0.5) is 4.39 Å². The summed E-state index contributed by atoms with van der Waals surface area (Å²) in [5.41, 5.74) is 2.04. The molecular formula is C17H25FN2O. The standard InChI is InChI=1S/C17H25FN2O/c1-13-12-16(18)4-3-15(13)8-11-20-17(21)5-2-14-6-9-19-10-7-14/h3-4,12,14,19H,2,5-11H2,1H3,(H,20,21). The first-order chi connectivity index (χ1) is 10.1. The molecule has 1 fully saturated rings. The number of hydrogen-bond donors (Lipinski definition) is 2. The van der Waals surface area contributed by atoms with E-state index in [0.29, 0.717) is 18.9 Å². The lowest BCUT2D eigenvalue weighted by Gasteiger charge is -2.22. The van der Waals surface area contributed by atoms with Crippen LogP contribution >= 0.6 is 0 Å². The molecule has 116 valence electrons. The Morgan fingerprint density at radius 1 is 1.38 bits per heavy atom. The minimum atomic E-state index is -0.206. The highest BCUT2D eigenvalue weighted by Gasteiger charge is 2.14. The quantitative estimate of drug-likeness (QED) is 0.846. The average Bonchev–Trinajstić information content (AvgIpc) is 2.48. The molecule has 0 aromatic heterocycles. The van der Waals surface area contributed by atoms with E-state index in [1.807, 2.05) is 6.92 Å². The predicted octanol–water partition coefficient (Wildman–Crippen LogP) is 2.57. The molecule has 2 rings (SSSR count). The van der Waals surface area contributed by atoms with Crippen LogP contribution in [0.15, 0.2) is 18.2 Å². The van der Waals surface area contributed by atoms with Crippen molar-refractivity contribution in [3.8, 4) is 0 Å². The Balaban J connectivity index is 1.64. The Morgan fingerprint density at radius 2 is 2.14 bits per heavy atom. The van der Waals surface area contributed by atoms with Crippen molar-refractivity contribution in [2.24, 2.45) is 5.92 Å². The fraction of sp³-hybridized carbons (Fsp3) is 0.588. The zero-order valence-corrected chi connectivity index (χ0v) is 12.8. The van der Waals surface area contributed by atoms with Crippen LogP contribution in [0.1, 0.15) is 36.8 Å². The van der Waals surface area contributed by atoms with E-state index in [4.69, 9.17) is 0 Å². The highest BCUT2D eigenvalue weighted by molar-refractivity contribution is 5.75. The molecule has 1 aliphatic rings. The smallest absolute Gasteiger partial charge is 0.220 e. The maximum atomic E-state index is 13.0. The van der Waals surface area contributed by atoms with Gasteiger partial charge in [0.05, 0.1) is 0 Å². The van der Waals surface area contributed by atoms with E-state index < -0.39 is 0 Å². The molecule has 1 aromatic carbocycles. The number of benzene rings is 1. The Bertz CT molecular complexity index is 470. The van der Waals surface area contributed by atoms with Crippen molar-refractivity contribution in [1.82, 2.24) is 10.6 Å². The van der Waals surface area contributed by atoms with Crippen LogP contribution in [0.25, 0.3) is 0 Å². The van der Waals surface area contributed by atoms with Gasteiger partial charge in [0.2, 0.25) is 5.91 Å². The van der Waals surface area contributed by atoms with E-state index in [1.165, 1.54) is 25.0 Å². The van der Waals surface area contributed by atoms with E-state index in [2.05, 4.69) is 10.6 Å². The van der Waals surface area contributed by atoms with Crippen LogP contribution in [0.5, 0.6) is 0 Å². The molecule has 0 bridgehead atoms. The topological polar surface area (TPSA) is 41.1 Å². The molecule has 0 spiro atoms. The van der Waals surface area contributed by atoms with Crippen LogP contribution in [0.3, 0.4) is 0 Å². The van der Waals surface area contributed by atoms with Gasteiger partial charge in [0, 0.05) is 13.0 Å². The first-order valence-electron chi connectivity index (χ1n) is 7.87.